The summed E-state index contributed by atoms with van der Waals surface area (Å²) in [5.41, 5.74) is 1.37. The van der Waals surface area contributed by atoms with Crippen LogP contribution in [0, 0.1) is 5.41 Å². The van der Waals surface area contributed by atoms with Crippen molar-refractivity contribution in [2.24, 2.45) is 10.4 Å². The smallest absolute Gasteiger partial charge is 0.100 e. The molecule has 1 rings (SSSR count). The summed E-state index contributed by atoms with van der Waals surface area (Å²) < 4.78 is 0. The maximum absolute atomic E-state index is 4.47. The van der Waals surface area contributed by atoms with E-state index in [0.29, 0.717) is 5.41 Å². The molecule has 0 aliphatic carbocycles. The van der Waals surface area contributed by atoms with Crippen LogP contribution in [-0.2, 0) is 0 Å². The Bertz CT molecular complexity index is 214. The monoisotopic (exact) mass is 166 g/mol. The molecule has 1 aliphatic heterocycles. The first-order valence-corrected chi connectivity index (χ1v) is 4.45. The van der Waals surface area contributed by atoms with Crippen LogP contribution < -0.4 is 5.32 Å². The van der Waals surface area contributed by atoms with E-state index in [-0.39, 0.29) is 0 Å². The lowest BCUT2D eigenvalue weighted by Gasteiger charge is -2.28. The highest BCUT2D eigenvalue weighted by Gasteiger charge is 2.22. The van der Waals surface area contributed by atoms with Crippen LogP contribution in [-0.4, -0.2) is 12.4 Å². The van der Waals surface area contributed by atoms with Gasteiger partial charge in [0.2, 0.25) is 0 Å². The van der Waals surface area contributed by atoms with Gasteiger partial charge in [0, 0.05) is 18.7 Å². The molecule has 0 radical (unpaired) electrons. The number of aliphatic imine (C=N–C) groups is 1. The molecule has 2 heteroatoms. The van der Waals surface area contributed by atoms with Crippen molar-refractivity contribution >= 4 is 5.84 Å². The molecule has 1 N–H and O–H groups in total. The van der Waals surface area contributed by atoms with Crippen LogP contribution in [0.5, 0.6) is 0 Å². The highest BCUT2D eigenvalue weighted by atomic mass is 15.0. The van der Waals surface area contributed by atoms with Gasteiger partial charge in [-0.05, 0) is 18.8 Å². The second kappa shape index (κ2) is 3.30. The van der Waals surface area contributed by atoms with E-state index in [2.05, 4.69) is 30.7 Å². The van der Waals surface area contributed by atoms with Gasteiger partial charge in [-0.25, -0.2) is 0 Å². The molecule has 68 valence electrons. The molecule has 0 amide bonds. The summed E-state index contributed by atoms with van der Waals surface area (Å²) in [6.07, 6.45) is 2.27. The summed E-state index contributed by atoms with van der Waals surface area (Å²) in [5.74, 6) is 1.10. The van der Waals surface area contributed by atoms with E-state index in [1.54, 1.807) is 0 Å². The number of allylic oxidation sites excluding steroid dienone is 1. The van der Waals surface area contributed by atoms with E-state index < -0.39 is 0 Å². The molecular weight excluding hydrogens is 148 g/mol. The van der Waals surface area contributed by atoms with Gasteiger partial charge in [-0.15, -0.1) is 0 Å². The number of hydrogen-bond donors (Lipinski definition) is 1. The van der Waals surface area contributed by atoms with Crippen LogP contribution in [0.2, 0.25) is 0 Å². The van der Waals surface area contributed by atoms with E-state index in [9.17, 15) is 0 Å². The summed E-state index contributed by atoms with van der Waals surface area (Å²) in [4.78, 5) is 4.47. The fourth-order valence-corrected chi connectivity index (χ4v) is 1.27. The molecule has 0 fully saturated rings. The Morgan fingerprint density at radius 3 is 2.67 bits per heavy atom. The zero-order chi connectivity index (χ0) is 9.19. The van der Waals surface area contributed by atoms with Crippen LogP contribution >= 0.6 is 0 Å². The molecule has 12 heavy (non-hydrogen) atoms. The molecule has 1 aliphatic rings. The quantitative estimate of drug-likeness (QED) is 0.635. The van der Waals surface area contributed by atoms with Gasteiger partial charge in [0.05, 0.1) is 0 Å². The summed E-state index contributed by atoms with van der Waals surface area (Å²) >= 11 is 0. The van der Waals surface area contributed by atoms with Crippen LogP contribution in [0.25, 0.3) is 0 Å². The lowest BCUT2D eigenvalue weighted by Crippen LogP contribution is -2.30. The molecular formula is C10H18N2. The minimum atomic E-state index is 0.389. The summed E-state index contributed by atoms with van der Waals surface area (Å²) in [6.45, 7) is 11.2. The van der Waals surface area contributed by atoms with Crippen molar-refractivity contribution in [2.75, 3.05) is 6.54 Å². The molecule has 0 spiro atoms. The molecule has 0 unspecified atom stereocenters. The Balaban J connectivity index is 2.50. The fourth-order valence-electron chi connectivity index (χ4n) is 1.27. The average molecular weight is 166 g/mol. The van der Waals surface area contributed by atoms with Gasteiger partial charge in [-0.2, -0.15) is 0 Å². The number of amidine groups is 1. The Hall–Kier alpha value is -0.790. The van der Waals surface area contributed by atoms with E-state index in [4.69, 9.17) is 0 Å². The molecule has 0 atom stereocenters. The van der Waals surface area contributed by atoms with Crippen LogP contribution in [0.3, 0.4) is 0 Å². The van der Waals surface area contributed by atoms with Gasteiger partial charge < -0.3 is 5.32 Å². The van der Waals surface area contributed by atoms with Crippen LogP contribution in [0.1, 0.15) is 33.6 Å². The van der Waals surface area contributed by atoms with Crippen LogP contribution in [0.15, 0.2) is 17.3 Å². The van der Waals surface area contributed by atoms with Gasteiger partial charge in [-0.3, -0.25) is 4.99 Å². The predicted molar refractivity (Wildman–Crippen MR) is 53.3 cm³/mol. The largest absolute Gasteiger partial charge is 0.348 e. The molecule has 0 aromatic rings. The molecule has 0 aromatic heterocycles. The van der Waals surface area contributed by atoms with Crippen molar-refractivity contribution < 1.29 is 0 Å². The minimum Gasteiger partial charge on any atom is -0.348 e. The molecule has 0 bridgehead atoms. The second-order valence-electron chi connectivity index (χ2n) is 4.33. The molecule has 0 aromatic carbocycles. The minimum absolute atomic E-state index is 0.389. The lowest BCUT2D eigenvalue weighted by atomic mass is 9.86. The van der Waals surface area contributed by atoms with Crippen molar-refractivity contribution in [3.8, 4) is 0 Å². The zero-order valence-corrected chi connectivity index (χ0v) is 8.28. The summed E-state index contributed by atoms with van der Waals surface area (Å²) in [6, 6.07) is 0. The van der Waals surface area contributed by atoms with E-state index in [1.807, 2.05) is 6.92 Å². The first-order chi connectivity index (χ1) is 5.49. The topological polar surface area (TPSA) is 24.4 Å². The lowest BCUT2D eigenvalue weighted by molar-refractivity contribution is 0.341. The normalized spacial score (nSPS) is 21.4. The van der Waals surface area contributed by atoms with E-state index in [1.165, 1.54) is 6.42 Å². The first-order valence-electron chi connectivity index (χ1n) is 4.45. The molecule has 2 nitrogen and oxygen atoms in total. The Kier molecular flexibility index (Phi) is 2.55. The van der Waals surface area contributed by atoms with Crippen LogP contribution in [0.4, 0.5) is 0 Å². The SMILES string of the molecule is C=C(C)NC1=NCC(C)(C)CC1. The van der Waals surface area contributed by atoms with Gasteiger partial charge in [0.1, 0.15) is 5.84 Å². The van der Waals surface area contributed by atoms with Crippen molar-refractivity contribution in [2.45, 2.75) is 33.6 Å². The molecule has 0 saturated carbocycles. The Morgan fingerprint density at radius 1 is 1.58 bits per heavy atom. The molecule has 1 heterocycles. The maximum Gasteiger partial charge on any atom is 0.100 e. The van der Waals surface area contributed by atoms with Crippen molar-refractivity contribution in [1.82, 2.24) is 5.32 Å². The number of hydrogen-bond acceptors (Lipinski definition) is 2. The predicted octanol–water partition coefficient (Wildman–Crippen LogP) is 2.33. The van der Waals surface area contributed by atoms with Crippen molar-refractivity contribution in [3.05, 3.63) is 12.3 Å². The van der Waals surface area contributed by atoms with Crippen molar-refractivity contribution in [1.29, 1.82) is 0 Å². The van der Waals surface area contributed by atoms with Gasteiger partial charge in [0.25, 0.3) is 0 Å². The maximum atomic E-state index is 4.47. The standard InChI is InChI=1S/C10H18N2/c1-8(2)12-9-5-6-10(3,4)7-11-9/h1,5-7H2,2-4H3,(H,11,12). The van der Waals surface area contributed by atoms with Gasteiger partial charge in [-0.1, -0.05) is 20.4 Å². The molecule has 0 saturated heterocycles. The highest BCUT2D eigenvalue weighted by molar-refractivity contribution is 5.84. The third kappa shape index (κ3) is 2.68. The number of nitrogens with one attached hydrogen (secondary N) is 1. The Morgan fingerprint density at radius 2 is 2.25 bits per heavy atom. The van der Waals surface area contributed by atoms with Gasteiger partial charge >= 0.3 is 0 Å². The first kappa shape index (κ1) is 9.30. The van der Waals surface area contributed by atoms with Crippen molar-refractivity contribution in [3.63, 3.8) is 0 Å². The highest BCUT2D eigenvalue weighted by Crippen LogP contribution is 2.26. The fraction of sp³-hybridized carbons (Fsp3) is 0.700. The number of nitrogens with zero attached hydrogens (tertiary/aromatic N) is 1. The Labute approximate surface area is 74.8 Å². The summed E-state index contributed by atoms with van der Waals surface area (Å²) in [5, 5.41) is 3.18. The average Bonchev–Trinajstić information content (AvgIpc) is 1.93. The second-order valence-corrected chi connectivity index (χ2v) is 4.33. The number of rotatable bonds is 1. The summed E-state index contributed by atoms with van der Waals surface area (Å²) in [7, 11) is 0. The van der Waals surface area contributed by atoms with Gasteiger partial charge in [0.15, 0.2) is 0 Å². The third-order valence-corrected chi connectivity index (χ3v) is 2.09. The van der Waals surface area contributed by atoms with E-state index >= 15 is 0 Å². The zero-order valence-electron chi connectivity index (χ0n) is 8.28. The third-order valence-electron chi connectivity index (χ3n) is 2.09. The van der Waals surface area contributed by atoms with E-state index in [0.717, 1.165) is 24.5 Å².